The highest BCUT2D eigenvalue weighted by Crippen LogP contribution is 2.46. The molecule has 0 amide bonds. The molecule has 2 heterocycles. The Morgan fingerprint density at radius 2 is 2.14 bits per heavy atom. The van der Waals surface area contributed by atoms with Gasteiger partial charge in [-0.15, -0.1) is 0 Å². The zero-order valence-corrected chi connectivity index (χ0v) is 13.4. The summed E-state index contributed by atoms with van der Waals surface area (Å²) in [4.78, 5) is 0. The first-order valence-electron chi connectivity index (χ1n) is 6.50. The number of hydrogen-bond acceptors (Lipinski definition) is 4. The Hall–Kier alpha value is -2.16. The summed E-state index contributed by atoms with van der Waals surface area (Å²) in [7, 11) is 1.76. The number of nitriles is 1. The summed E-state index contributed by atoms with van der Waals surface area (Å²) in [6.07, 6.45) is 0. The van der Waals surface area contributed by atoms with E-state index in [1.165, 1.54) is 0 Å². The van der Waals surface area contributed by atoms with Crippen molar-refractivity contribution in [1.29, 1.82) is 5.26 Å². The van der Waals surface area contributed by atoms with Crippen molar-refractivity contribution in [2.24, 2.45) is 12.8 Å². The minimum Gasteiger partial charge on any atom is -0.422 e. The Bertz CT molecular complexity index is 848. The third-order valence-corrected chi connectivity index (χ3v) is 4.51. The van der Waals surface area contributed by atoms with Gasteiger partial charge in [0.15, 0.2) is 0 Å². The van der Waals surface area contributed by atoms with E-state index in [1.807, 2.05) is 13.0 Å². The third kappa shape index (κ3) is 2.04. The summed E-state index contributed by atoms with van der Waals surface area (Å²) in [6, 6.07) is 7.43. The fraction of sp³-hybridized carbons (Fsp3) is 0.200. The van der Waals surface area contributed by atoms with E-state index in [0.717, 1.165) is 11.3 Å². The van der Waals surface area contributed by atoms with Crippen LogP contribution in [0.5, 0.6) is 5.88 Å². The van der Waals surface area contributed by atoms with Crippen LogP contribution in [0, 0.1) is 18.3 Å². The summed E-state index contributed by atoms with van der Waals surface area (Å²) >= 11 is 12.5. The Morgan fingerprint density at radius 3 is 2.82 bits per heavy atom. The van der Waals surface area contributed by atoms with E-state index in [-0.39, 0.29) is 5.88 Å². The van der Waals surface area contributed by atoms with Crippen LogP contribution in [-0.4, -0.2) is 9.78 Å². The fourth-order valence-corrected chi connectivity index (χ4v) is 3.14. The second-order valence-electron chi connectivity index (χ2n) is 5.00. The van der Waals surface area contributed by atoms with Gasteiger partial charge in [-0.2, -0.15) is 10.4 Å². The maximum Gasteiger partial charge on any atom is 0.224 e. The van der Waals surface area contributed by atoms with Crippen molar-refractivity contribution in [3.05, 3.63) is 56.5 Å². The maximum atomic E-state index is 9.51. The molecule has 0 saturated carbocycles. The number of fused-ring (bicyclic) bond motifs is 1. The Morgan fingerprint density at radius 1 is 1.41 bits per heavy atom. The lowest BCUT2D eigenvalue weighted by molar-refractivity contribution is 0.358. The van der Waals surface area contributed by atoms with Crippen molar-refractivity contribution in [3.63, 3.8) is 0 Å². The van der Waals surface area contributed by atoms with Crippen LogP contribution in [0.15, 0.2) is 29.7 Å². The van der Waals surface area contributed by atoms with Crippen molar-refractivity contribution in [3.8, 4) is 11.9 Å². The summed E-state index contributed by atoms with van der Waals surface area (Å²) in [6.45, 7) is 1.85. The number of aryl methyl sites for hydroxylation is 2. The Kier molecular flexibility index (Phi) is 3.51. The molecule has 2 aromatic rings. The molecule has 0 saturated heterocycles. The number of allylic oxidation sites excluding steroid dienone is 1. The monoisotopic (exact) mass is 334 g/mol. The lowest BCUT2D eigenvalue weighted by atomic mass is 9.84. The molecule has 0 unspecified atom stereocenters. The number of aromatic nitrogens is 2. The predicted molar refractivity (Wildman–Crippen MR) is 83.7 cm³/mol. The molecule has 1 aliphatic rings. The standard InChI is InChI=1S/C15H12Cl2N4O/c1-7-11-12(8-4-3-5-10(16)13(8)17)9(6-18)14(19)22-15(11)21(2)20-7/h3-5,12H,19H2,1-2H3/t12-/m0/s1. The zero-order chi connectivity index (χ0) is 16.0. The number of hydrogen-bond donors (Lipinski definition) is 1. The second-order valence-corrected chi connectivity index (χ2v) is 5.78. The summed E-state index contributed by atoms with van der Waals surface area (Å²) in [5.74, 6) is 0.114. The molecule has 0 bridgehead atoms. The minimum atomic E-state index is -0.450. The molecule has 3 rings (SSSR count). The average Bonchev–Trinajstić information content (AvgIpc) is 2.75. The van der Waals surface area contributed by atoms with Gasteiger partial charge in [0.25, 0.3) is 0 Å². The van der Waals surface area contributed by atoms with E-state index in [0.29, 0.717) is 27.1 Å². The van der Waals surface area contributed by atoms with E-state index in [9.17, 15) is 5.26 Å². The maximum absolute atomic E-state index is 9.51. The van der Waals surface area contributed by atoms with E-state index in [1.54, 1.807) is 23.9 Å². The lowest BCUT2D eigenvalue weighted by Gasteiger charge is -2.25. The molecule has 0 aliphatic carbocycles. The van der Waals surface area contributed by atoms with Gasteiger partial charge in [-0.25, -0.2) is 4.68 Å². The molecule has 112 valence electrons. The second kappa shape index (κ2) is 5.24. The SMILES string of the molecule is Cc1nn(C)c2c1[C@@H](c1cccc(Cl)c1Cl)C(C#N)=C(N)O2. The molecule has 1 aromatic carbocycles. The van der Waals surface area contributed by atoms with Crippen LogP contribution in [0.25, 0.3) is 0 Å². The molecule has 2 N–H and O–H groups in total. The van der Waals surface area contributed by atoms with Gasteiger partial charge in [0.05, 0.1) is 27.2 Å². The van der Waals surface area contributed by atoms with Gasteiger partial charge in [0, 0.05) is 7.05 Å². The third-order valence-electron chi connectivity index (χ3n) is 3.68. The van der Waals surface area contributed by atoms with E-state index in [2.05, 4.69) is 11.2 Å². The van der Waals surface area contributed by atoms with Gasteiger partial charge >= 0.3 is 0 Å². The molecule has 22 heavy (non-hydrogen) atoms. The lowest BCUT2D eigenvalue weighted by Crippen LogP contribution is -2.22. The van der Waals surface area contributed by atoms with Crippen LogP contribution in [0.3, 0.4) is 0 Å². The van der Waals surface area contributed by atoms with Crippen LogP contribution >= 0.6 is 23.2 Å². The van der Waals surface area contributed by atoms with Crippen LogP contribution in [-0.2, 0) is 7.05 Å². The Labute approximate surface area is 137 Å². The van der Waals surface area contributed by atoms with Crippen molar-refractivity contribution < 1.29 is 4.74 Å². The first-order chi connectivity index (χ1) is 10.5. The molecule has 5 nitrogen and oxygen atoms in total. The van der Waals surface area contributed by atoms with Crippen LogP contribution in [0.2, 0.25) is 10.0 Å². The minimum absolute atomic E-state index is 0.0547. The molecule has 7 heteroatoms. The fourth-order valence-electron chi connectivity index (χ4n) is 2.73. The number of halogens is 2. The molecule has 0 spiro atoms. The van der Waals surface area contributed by atoms with Gasteiger partial charge in [-0.1, -0.05) is 35.3 Å². The van der Waals surface area contributed by atoms with Gasteiger partial charge in [0.2, 0.25) is 11.8 Å². The molecular weight excluding hydrogens is 323 g/mol. The first-order valence-corrected chi connectivity index (χ1v) is 7.26. The average molecular weight is 335 g/mol. The molecular formula is C15H12Cl2N4O. The quantitative estimate of drug-likeness (QED) is 0.868. The smallest absolute Gasteiger partial charge is 0.224 e. The number of nitrogens with zero attached hydrogens (tertiary/aromatic N) is 3. The van der Waals surface area contributed by atoms with E-state index in [4.69, 9.17) is 33.7 Å². The van der Waals surface area contributed by atoms with Gasteiger partial charge in [-0.3, -0.25) is 0 Å². The van der Waals surface area contributed by atoms with E-state index < -0.39 is 5.92 Å². The number of rotatable bonds is 1. The molecule has 0 fully saturated rings. The molecule has 0 radical (unpaired) electrons. The topological polar surface area (TPSA) is 76.9 Å². The first kappa shape index (κ1) is 14.8. The van der Waals surface area contributed by atoms with E-state index >= 15 is 0 Å². The summed E-state index contributed by atoms with van der Waals surface area (Å²) in [5, 5.41) is 14.7. The summed E-state index contributed by atoms with van der Waals surface area (Å²) in [5.41, 5.74) is 8.44. The van der Waals surface area contributed by atoms with Gasteiger partial charge < -0.3 is 10.5 Å². The zero-order valence-electron chi connectivity index (χ0n) is 11.9. The van der Waals surface area contributed by atoms with Crippen molar-refractivity contribution in [2.45, 2.75) is 12.8 Å². The molecule has 1 aromatic heterocycles. The van der Waals surface area contributed by atoms with Crippen LogP contribution in [0.4, 0.5) is 0 Å². The highest BCUT2D eigenvalue weighted by Gasteiger charge is 2.36. The van der Waals surface area contributed by atoms with Crippen molar-refractivity contribution in [1.82, 2.24) is 9.78 Å². The van der Waals surface area contributed by atoms with Crippen molar-refractivity contribution >= 4 is 23.2 Å². The number of ether oxygens (including phenoxy) is 1. The van der Waals surface area contributed by atoms with Crippen LogP contribution < -0.4 is 10.5 Å². The highest BCUT2D eigenvalue weighted by atomic mass is 35.5. The molecule has 1 aliphatic heterocycles. The Balaban J connectivity index is 2.33. The largest absolute Gasteiger partial charge is 0.422 e. The summed E-state index contributed by atoms with van der Waals surface area (Å²) < 4.78 is 7.16. The highest BCUT2D eigenvalue weighted by molar-refractivity contribution is 6.42. The van der Waals surface area contributed by atoms with Gasteiger partial charge in [-0.05, 0) is 18.6 Å². The number of nitrogens with two attached hydrogens (primary N) is 1. The molecule has 1 atom stereocenters. The predicted octanol–water partition coefficient (Wildman–Crippen LogP) is 3.25. The van der Waals surface area contributed by atoms with Crippen LogP contribution in [0.1, 0.15) is 22.7 Å². The van der Waals surface area contributed by atoms with Gasteiger partial charge in [0.1, 0.15) is 11.6 Å². The normalized spacial score (nSPS) is 17.0. The van der Waals surface area contributed by atoms with Crippen molar-refractivity contribution in [2.75, 3.05) is 0 Å². The number of benzene rings is 1.